The summed E-state index contributed by atoms with van der Waals surface area (Å²) in [5, 5.41) is 19.5. The second-order valence-electron chi connectivity index (χ2n) is 1.43. The van der Waals surface area contributed by atoms with E-state index in [0.29, 0.717) is 0 Å². The Balaban J connectivity index is 2.42. The van der Waals surface area contributed by atoms with Gasteiger partial charge in [0.05, 0.1) is 0 Å². The highest BCUT2D eigenvalue weighted by atomic mass is 16.5. The summed E-state index contributed by atoms with van der Waals surface area (Å²) in [5.74, 6) is 0. The van der Waals surface area contributed by atoms with Crippen LogP contribution in [0.3, 0.4) is 0 Å². The van der Waals surface area contributed by atoms with Crippen LogP contribution in [0, 0.1) is 0 Å². The van der Waals surface area contributed by atoms with Gasteiger partial charge in [-0.15, -0.1) is 0 Å². The Hall–Kier alpha value is -0.770. The summed E-state index contributed by atoms with van der Waals surface area (Å²) in [6.07, 6.45) is 0.704. The van der Waals surface area contributed by atoms with Crippen molar-refractivity contribution in [3.8, 4) is 0 Å². The van der Waals surface area contributed by atoms with Gasteiger partial charge in [0.2, 0.25) is 6.23 Å². The van der Waals surface area contributed by atoms with Crippen molar-refractivity contribution in [3.63, 3.8) is 0 Å². The molecule has 0 aromatic rings. The average molecular weight is 103 g/mol. The average Bonchev–Trinajstić information content (AvgIpc) is 1.87. The third-order valence-electron chi connectivity index (χ3n) is 0.776. The van der Waals surface area contributed by atoms with Crippen molar-refractivity contribution in [3.05, 3.63) is 0 Å². The first-order chi connectivity index (χ1) is 3.29. The highest BCUT2D eigenvalue weighted by Crippen LogP contribution is 1.80. The molecule has 1 heterocycles. The highest BCUT2D eigenvalue weighted by Gasteiger charge is 2.17. The lowest BCUT2D eigenvalue weighted by molar-refractivity contribution is -0.769. The van der Waals surface area contributed by atoms with Crippen molar-refractivity contribution in [2.45, 2.75) is 6.23 Å². The molecule has 0 aliphatic carbocycles. The molecule has 0 radical (unpaired) electrons. The van der Waals surface area contributed by atoms with E-state index in [1.807, 2.05) is 0 Å². The zero-order valence-electron chi connectivity index (χ0n) is 3.70. The van der Waals surface area contributed by atoms with E-state index in [1.54, 1.807) is 0 Å². The Kier molecular flexibility index (Phi) is 0.867. The number of hydrogen-bond acceptors (Lipinski definition) is 3. The molecule has 0 aromatic heterocycles. The molecule has 1 unspecified atom stereocenters. The quantitative estimate of drug-likeness (QED) is 0.254. The molecule has 1 aliphatic heterocycles. The van der Waals surface area contributed by atoms with Gasteiger partial charge < -0.3 is 10.3 Å². The topological polar surface area (TPSA) is 55.5 Å². The number of nitrogens with one attached hydrogen (secondary N) is 1. The molecular formula is C3H7N2O2+. The summed E-state index contributed by atoms with van der Waals surface area (Å²) in [7, 11) is 0. The normalized spacial score (nSPS) is 29.3. The van der Waals surface area contributed by atoms with Gasteiger partial charge in [0.15, 0.2) is 6.54 Å². The van der Waals surface area contributed by atoms with E-state index >= 15 is 0 Å². The summed E-state index contributed by atoms with van der Waals surface area (Å²) >= 11 is 0. The lowest BCUT2D eigenvalue weighted by Gasteiger charge is -1.88. The van der Waals surface area contributed by atoms with E-state index in [1.165, 1.54) is 6.34 Å². The number of nitrogens with zero attached hydrogens (tertiary/aromatic N) is 1. The van der Waals surface area contributed by atoms with Crippen LogP contribution in [0.5, 0.6) is 0 Å². The minimum absolute atomic E-state index is 0.250. The molecule has 0 amide bonds. The second kappa shape index (κ2) is 1.38. The fraction of sp³-hybridized carbons (Fsp3) is 0.667. The van der Waals surface area contributed by atoms with Gasteiger partial charge in [0.25, 0.3) is 6.34 Å². The van der Waals surface area contributed by atoms with Crippen molar-refractivity contribution in [1.82, 2.24) is 5.32 Å². The number of hydrogen-bond donors (Lipinski definition) is 3. The van der Waals surface area contributed by atoms with Crippen molar-refractivity contribution < 1.29 is 15.1 Å². The SMILES string of the molecule is OC1C[N+](O)=CN1. The predicted octanol–water partition coefficient (Wildman–Crippen LogP) is -1.66. The molecule has 1 rings (SSSR count). The molecule has 4 nitrogen and oxygen atoms in total. The lowest BCUT2D eigenvalue weighted by Crippen LogP contribution is -2.23. The number of hydroxylamine groups is 1. The smallest absolute Gasteiger partial charge is 0.273 e. The fourth-order valence-electron chi connectivity index (χ4n) is 0.455. The monoisotopic (exact) mass is 103 g/mol. The van der Waals surface area contributed by atoms with Crippen LogP contribution >= 0.6 is 0 Å². The first-order valence-corrected chi connectivity index (χ1v) is 2.02. The Morgan fingerprint density at radius 1 is 1.86 bits per heavy atom. The van der Waals surface area contributed by atoms with E-state index in [9.17, 15) is 0 Å². The summed E-state index contributed by atoms with van der Waals surface area (Å²) in [6.45, 7) is 0.250. The molecule has 0 saturated carbocycles. The van der Waals surface area contributed by atoms with Crippen molar-refractivity contribution >= 4 is 6.34 Å². The zero-order chi connectivity index (χ0) is 5.28. The molecule has 1 atom stereocenters. The van der Waals surface area contributed by atoms with Gasteiger partial charge in [-0.2, -0.15) is 0 Å². The summed E-state index contributed by atoms with van der Waals surface area (Å²) < 4.78 is 0.894. The maximum atomic E-state index is 8.56. The van der Waals surface area contributed by atoms with Crippen LogP contribution in [0.4, 0.5) is 0 Å². The predicted molar refractivity (Wildman–Crippen MR) is 22.1 cm³/mol. The summed E-state index contributed by atoms with van der Waals surface area (Å²) in [4.78, 5) is 0. The van der Waals surface area contributed by atoms with Gasteiger partial charge in [-0.25, -0.2) is 5.32 Å². The summed E-state index contributed by atoms with van der Waals surface area (Å²) in [5.41, 5.74) is 0. The molecule has 0 fully saturated rings. The Morgan fingerprint density at radius 3 is 2.71 bits per heavy atom. The van der Waals surface area contributed by atoms with Gasteiger partial charge in [-0.1, -0.05) is 4.74 Å². The fourth-order valence-corrected chi connectivity index (χ4v) is 0.455. The highest BCUT2D eigenvalue weighted by molar-refractivity contribution is 5.49. The second-order valence-corrected chi connectivity index (χ2v) is 1.43. The van der Waals surface area contributed by atoms with E-state index < -0.39 is 6.23 Å². The number of β-amino-alcohol motifs (C(OH)–C–C–N with tert-alkyl or cyclic N) is 1. The van der Waals surface area contributed by atoms with E-state index in [-0.39, 0.29) is 6.54 Å². The zero-order valence-corrected chi connectivity index (χ0v) is 3.70. The molecule has 1 aliphatic rings. The molecule has 0 spiro atoms. The Bertz CT molecular complexity index is 101. The number of aliphatic hydroxyl groups excluding tert-OH is 1. The van der Waals surface area contributed by atoms with Crippen LogP contribution in [0.2, 0.25) is 0 Å². The van der Waals surface area contributed by atoms with Gasteiger partial charge in [-0.05, 0) is 0 Å². The van der Waals surface area contributed by atoms with Crippen LogP contribution in [-0.2, 0) is 0 Å². The lowest BCUT2D eigenvalue weighted by atomic mass is 10.6. The van der Waals surface area contributed by atoms with Crippen LogP contribution in [0.15, 0.2) is 0 Å². The number of rotatable bonds is 0. The number of aliphatic hydroxyl groups is 1. The van der Waals surface area contributed by atoms with Crippen molar-refractivity contribution in [2.24, 2.45) is 0 Å². The van der Waals surface area contributed by atoms with Crippen LogP contribution in [0.1, 0.15) is 0 Å². The van der Waals surface area contributed by atoms with Crippen LogP contribution in [-0.4, -0.2) is 34.2 Å². The third kappa shape index (κ3) is 0.806. The molecule has 40 valence electrons. The minimum Gasteiger partial charge on any atom is -0.355 e. The minimum atomic E-state index is -0.606. The maximum absolute atomic E-state index is 8.56. The van der Waals surface area contributed by atoms with Crippen LogP contribution in [0.25, 0.3) is 0 Å². The molecule has 7 heavy (non-hydrogen) atoms. The first kappa shape index (κ1) is 4.39. The molecule has 0 aromatic carbocycles. The molecule has 3 N–H and O–H groups in total. The van der Waals surface area contributed by atoms with Gasteiger partial charge in [0.1, 0.15) is 0 Å². The Morgan fingerprint density at radius 2 is 2.57 bits per heavy atom. The maximum Gasteiger partial charge on any atom is 0.273 e. The first-order valence-electron chi connectivity index (χ1n) is 2.02. The van der Waals surface area contributed by atoms with E-state index in [2.05, 4.69) is 5.32 Å². The summed E-state index contributed by atoms with van der Waals surface area (Å²) in [6, 6.07) is 0. The molecule has 4 heteroatoms. The molecular weight excluding hydrogens is 96.0 g/mol. The van der Waals surface area contributed by atoms with Crippen LogP contribution < -0.4 is 5.32 Å². The van der Waals surface area contributed by atoms with Gasteiger partial charge in [-0.3, -0.25) is 0 Å². The standard InChI is InChI=1S/C3H6N2O2/c6-3-1-5(7)2-4-3/h2-3,6-7H,1H2/p+1. The molecule has 0 bridgehead atoms. The van der Waals surface area contributed by atoms with Gasteiger partial charge in [0, 0.05) is 0 Å². The van der Waals surface area contributed by atoms with E-state index in [0.717, 1.165) is 4.74 Å². The Labute approximate surface area is 40.7 Å². The van der Waals surface area contributed by atoms with Crippen molar-refractivity contribution in [2.75, 3.05) is 6.54 Å². The van der Waals surface area contributed by atoms with E-state index in [4.69, 9.17) is 10.3 Å². The molecule has 0 saturated heterocycles. The largest absolute Gasteiger partial charge is 0.355 e. The van der Waals surface area contributed by atoms with Gasteiger partial charge >= 0.3 is 0 Å². The third-order valence-corrected chi connectivity index (χ3v) is 0.776. The van der Waals surface area contributed by atoms with Crippen molar-refractivity contribution in [1.29, 1.82) is 0 Å².